The van der Waals surface area contributed by atoms with E-state index in [-0.39, 0.29) is 38.0 Å². The van der Waals surface area contributed by atoms with Crippen LogP contribution in [0.15, 0.2) is 82.1 Å². The van der Waals surface area contributed by atoms with Crippen molar-refractivity contribution in [3.8, 4) is 22.8 Å². The molecular formula is C36H42N14O4. The van der Waals surface area contributed by atoms with E-state index in [0.717, 1.165) is 48.2 Å². The van der Waals surface area contributed by atoms with Crippen LogP contribution < -0.4 is 10.6 Å². The Morgan fingerprint density at radius 2 is 1.02 bits per heavy atom. The lowest BCUT2D eigenvalue weighted by atomic mass is 10.2. The molecule has 280 valence electrons. The number of hydrogen-bond donors (Lipinski definition) is 2. The minimum absolute atomic E-state index is 0.0562. The molecule has 0 spiro atoms. The highest BCUT2D eigenvalue weighted by molar-refractivity contribution is 5.78. The molecule has 0 radical (unpaired) electrons. The predicted molar refractivity (Wildman–Crippen MR) is 193 cm³/mol. The van der Waals surface area contributed by atoms with Crippen LogP contribution in [0.25, 0.3) is 22.8 Å². The first-order chi connectivity index (χ1) is 26.5. The second kappa shape index (κ2) is 18.1. The van der Waals surface area contributed by atoms with Gasteiger partial charge in [-0.1, -0.05) is 81.4 Å². The van der Waals surface area contributed by atoms with Crippen LogP contribution in [0.1, 0.15) is 48.9 Å². The van der Waals surface area contributed by atoms with Gasteiger partial charge in [0.15, 0.2) is 0 Å². The van der Waals surface area contributed by atoms with E-state index in [1.165, 1.54) is 0 Å². The van der Waals surface area contributed by atoms with Crippen molar-refractivity contribution in [2.75, 3.05) is 39.3 Å². The van der Waals surface area contributed by atoms with Crippen LogP contribution in [0.3, 0.4) is 0 Å². The second-order valence-corrected chi connectivity index (χ2v) is 13.1. The van der Waals surface area contributed by atoms with Gasteiger partial charge < -0.3 is 19.7 Å². The van der Waals surface area contributed by atoms with Crippen LogP contribution in [-0.4, -0.2) is 111 Å². The van der Waals surface area contributed by atoms with E-state index in [1.54, 1.807) is 9.36 Å². The molecular weight excluding hydrogens is 692 g/mol. The number of carbonyl (C=O) groups excluding carboxylic acids is 2. The fourth-order valence-corrected chi connectivity index (χ4v) is 6.08. The fraction of sp³-hybridized carbons (Fsp3) is 0.389. The zero-order chi connectivity index (χ0) is 37.0. The zero-order valence-electron chi connectivity index (χ0n) is 29.8. The Bertz CT molecular complexity index is 1930. The largest absolute Gasteiger partial charge is 0.355 e. The van der Waals surface area contributed by atoms with Crippen molar-refractivity contribution in [3.05, 3.63) is 96.2 Å². The van der Waals surface area contributed by atoms with Crippen LogP contribution in [0, 0.1) is 0 Å². The lowest BCUT2D eigenvalue weighted by molar-refractivity contribution is -0.123. The Kier molecular flexibility index (Phi) is 12.1. The molecule has 0 atom stereocenters. The molecule has 5 heterocycles. The molecule has 0 bridgehead atoms. The Labute approximate surface area is 310 Å². The molecule has 54 heavy (non-hydrogen) atoms. The minimum Gasteiger partial charge on any atom is -0.355 e. The standard InChI is InChI=1S/C36H42N14O4/c51-31-23-47(19-29-21-49(45-41-29)25-33-39-35(43-53-33)27-11-3-1-4-12-27)17-9-10-18-48(24-32(52)38-16-8-7-15-37-31)20-30-22-50(46-42-30)26-34-40-36(44-54-34)28-13-5-2-6-14-28/h1-6,11-14,21-22H,7-10,15-20,23-26H2,(H,37,51)(H,38,52). The molecule has 0 saturated carbocycles. The van der Waals surface area contributed by atoms with Crippen molar-refractivity contribution >= 4 is 11.8 Å². The van der Waals surface area contributed by atoms with Crippen LogP contribution >= 0.6 is 0 Å². The first kappa shape index (κ1) is 36.2. The molecule has 0 aliphatic carbocycles. The van der Waals surface area contributed by atoms with Gasteiger partial charge in [0.25, 0.3) is 0 Å². The molecule has 18 nitrogen and oxygen atoms in total. The number of hydrogen-bond acceptors (Lipinski definition) is 14. The van der Waals surface area contributed by atoms with E-state index >= 15 is 0 Å². The third-order valence-corrected chi connectivity index (χ3v) is 8.72. The molecule has 1 aliphatic heterocycles. The Morgan fingerprint density at radius 1 is 0.574 bits per heavy atom. The summed E-state index contributed by atoms with van der Waals surface area (Å²) in [5.41, 5.74) is 3.18. The third-order valence-electron chi connectivity index (χ3n) is 8.72. The highest BCUT2D eigenvalue weighted by Gasteiger charge is 2.18. The van der Waals surface area contributed by atoms with Crippen molar-refractivity contribution in [2.45, 2.75) is 51.9 Å². The van der Waals surface area contributed by atoms with Crippen LogP contribution in [0.5, 0.6) is 0 Å². The zero-order valence-corrected chi connectivity index (χ0v) is 29.8. The van der Waals surface area contributed by atoms with Gasteiger partial charge in [-0.05, 0) is 38.8 Å². The summed E-state index contributed by atoms with van der Waals surface area (Å²) in [6.45, 7) is 4.25. The third kappa shape index (κ3) is 10.5. The normalized spacial score (nSPS) is 15.9. The van der Waals surface area contributed by atoms with Gasteiger partial charge in [-0.15, -0.1) is 10.2 Å². The molecule has 6 aromatic rings. The molecule has 7 rings (SSSR count). The summed E-state index contributed by atoms with van der Waals surface area (Å²) in [7, 11) is 0. The van der Waals surface area contributed by atoms with Crippen molar-refractivity contribution in [3.63, 3.8) is 0 Å². The topological polar surface area (TPSA) is 204 Å². The van der Waals surface area contributed by atoms with E-state index in [4.69, 9.17) is 9.05 Å². The summed E-state index contributed by atoms with van der Waals surface area (Å²) in [6, 6.07) is 19.2. The Morgan fingerprint density at radius 3 is 1.46 bits per heavy atom. The first-order valence-electron chi connectivity index (χ1n) is 18.0. The van der Waals surface area contributed by atoms with Crippen molar-refractivity contribution < 1.29 is 18.6 Å². The Hall–Kier alpha value is -6.14. The SMILES string of the molecule is O=C1CN(Cc2cn(Cc3nc(-c4ccccc4)no3)nn2)CCCCN(Cc2cn(Cc3nc(-c4ccccc4)no3)nn2)CC(=O)NCCCCN1. The number of carbonyl (C=O) groups is 2. The smallest absolute Gasteiger partial charge is 0.248 e. The number of amides is 2. The van der Waals surface area contributed by atoms with Gasteiger partial charge in [0.05, 0.1) is 36.9 Å². The predicted octanol–water partition coefficient (Wildman–Crippen LogP) is 2.18. The maximum atomic E-state index is 12.9. The molecule has 1 saturated heterocycles. The van der Waals surface area contributed by atoms with Gasteiger partial charge >= 0.3 is 0 Å². The van der Waals surface area contributed by atoms with Gasteiger partial charge in [0.1, 0.15) is 13.1 Å². The van der Waals surface area contributed by atoms with Gasteiger partial charge in [0.2, 0.25) is 35.2 Å². The average Bonchev–Trinajstić information content (AvgIpc) is 4.02. The molecule has 2 aromatic carbocycles. The van der Waals surface area contributed by atoms with Crippen LogP contribution in [-0.2, 0) is 35.8 Å². The summed E-state index contributed by atoms with van der Waals surface area (Å²) >= 11 is 0. The highest BCUT2D eigenvalue weighted by Crippen LogP contribution is 2.17. The fourth-order valence-electron chi connectivity index (χ4n) is 6.08. The summed E-state index contributed by atoms with van der Waals surface area (Å²) in [5, 5.41) is 31.4. The number of rotatable bonds is 10. The molecule has 2 N–H and O–H groups in total. The van der Waals surface area contributed by atoms with Crippen molar-refractivity contribution in [1.82, 2.24) is 70.7 Å². The Balaban J connectivity index is 0.946. The molecule has 4 aromatic heterocycles. The number of benzene rings is 2. The van der Waals surface area contributed by atoms with Gasteiger partial charge in [0, 0.05) is 37.3 Å². The van der Waals surface area contributed by atoms with Crippen LogP contribution in [0.2, 0.25) is 0 Å². The summed E-state index contributed by atoms with van der Waals surface area (Å²) in [5.74, 6) is 1.74. The number of aromatic nitrogens is 10. The highest BCUT2D eigenvalue weighted by atomic mass is 16.5. The minimum atomic E-state index is -0.0562. The number of nitrogens with one attached hydrogen (secondary N) is 2. The molecule has 1 aliphatic rings. The van der Waals surface area contributed by atoms with Crippen molar-refractivity contribution in [2.24, 2.45) is 0 Å². The molecule has 18 heteroatoms. The first-order valence-corrected chi connectivity index (χ1v) is 18.0. The maximum absolute atomic E-state index is 12.9. The van der Waals surface area contributed by atoms with Gasteiger partial charge in [-0.3, -0.25) is 19.4 Å². The van der Waals surface area contributed by atoms with E-state index in [0.29, 0.717) is 62.7 Å². The average molecular weight is 735 g/mol. The van der Waals surface area contributed by atoms with Crippen molar-refractivity contribution in [1.29, 1.82) is 0 Å². The summed E-state index contributed by atoms with van der Waals surface area (Å²) in [4.78, 5) is 38.9. The van der Waals surface area contributed by atoms with Gasteiger partial charge in [-0.2, -0.15) is 9.97 Å². The quantitative estimate of drug-likeness (QED) is 0.207. The molecule has 0 unspecified atom stereocenters. The molecule has 2 amide bonds. The van der Waals surface area contributed by atoms with Gasteiger partial charge in [-0.25, -0.2) is 9.36 Å². The van der Waals surface area contributed by atoms with E-state index < -0.39 is 0 Å². The molecule has 1 fully saturated rings. The summed E-state index contributed by atoms with van der Waals surface area (Å²) < 4.78 is 14.2. The lowest BCUT2D eigenvalue weighted by Crippen LogP contribution is -2.40. The summed E-state index contributed by atoms with van der Waals surface area (Å²) in [6.07, 6.45) is 6.74. The second-order valence-electron chi connectivity index (χ2n) is 13.1. The number of nitrogens with zero attached hydrogens (tertiary/aromatic N) is 12. The monoisotopic (exact) mass is 734 g/mol. The van der Waals surface area contributed by atoms with E-state index in [2.05, 4.69) is 61.3 Å². The maximum Gasteiger partial charge on any atom is 0.248 e. The lowest BCUT2D eigenvalue weighted by Gasteiger charge is -2.23. The van der Waals surface area contributed by atoms with E-state index in [1.807, 2.05) is 73.1 Å². The van der Waals surface area contributed by atoms with Crippen LogP contribution in [0.4, 0.5) is 0 Å². The van der Waals surface area contributed by atoms with E-state index in [9.17, 15) is 9.59 Å².